The molecule has 0 saturated carbocycles. The summed E-state index contributed by atoms with van der Waals surface area (Å²) in [6.45, 7) is 4.22. The molecule has 202 valence electrons. The fourth-order valence-corrected chi connectivity index (χ4v) is 7.66. The molecule has 3 aromatic carbocycles. The Kier molecular flexibility index (Phi) is 8.61. The van der Waals surface area contributed by atoms with Crippen LogP contribution in [-0.4, -0.2) is 40.1 Å². The summed E-state index contributed by atoms with van der Waals surface area (Å²) in [4.78, 5) is 12.9. The molecule has 8 nitrogen and oxygen atoms in total. The predicted octanol–water partition coefficient (Wildman–Crippen LogP) is 5.05. The molecule has 1 fully saturated rings. The lowest BCUT2D eigenvalue weighted by Gasteiger charge is -2.30. The van der Waals surface area contributed by atoms with E-state index < -0.39 is 20.0 Å². The summed E-state index contributed by atoms with van der Waals surface area (Å²) >= 11 is 3.36. The summed E-state index contributed by atoms with van der Waals surface area (Å²) in [6, 6.07) is 18.7. The van der Waals surface area contributed by atoms with Crippen molar-refractivity contribution in [2.75, 3.05) is 23.1 Å². The number of hydrogen-bond donors (Lipinski definition) is 2. The number of halogens is 1. The molecule has 0 radical (unpaired) electrons. The molecule has 0 bridgehead atoms. The van der Waals surface area contributed by atoms with Crippen LogP contribution in [-0.2, 0) is 30.6 Å². The standard InChI is InChI=1S/C27H30BrN3O5S2/c1-19-5-3-6-20(2)26(19)30-38(35,36)25-11-9-24(10-12-25)29-27(32)22-13-15-31(16-14-22)37(33,34)18-21-7-4-8-23(28)17-21/h3-12,17,22,30H,13-16,18H2,1-2H3,(H,29,32). The second-order valence-corrected chi connectivity index (χ2v) is 14.0. The summed E-state index contributed by atoms with van der Waals surface area (Å²) in [5.74, 6) is -0.628. The normalized spacial score (nSPS) is 15.2. The molecule has 4 rings (SSSR count). The van der Waals surface area contributed by atoms with Gasteiger partial charge in [-0.15, -0.1) is 0 Å². The Balaban J connectivity index is 1.33. The molecular weight excluding hydrogens is 590 g/mol. The molecule has 0 aromatic heterocycles. The number of nitrogens with one attached hydrogen (secondary N) is 2. The van der Waals surface area contributed by atoms with Crippen molar-refractivity contribution in [1.82, 2.24) is 4.31 Å². The van der Waals surface area contributed by atoms with Crippen LogP contribution < -0.4 is 10.0 Å². The number of para-hydroxylation sites is 1. The van der Waals surface area contributed by atoms with Crippen LogP contribution >= 0.6 is 15.9 Å². The number of aryl methyl sites for hydroxylation is 2. The summed E-state index contributed by atoms with van der Waals surface area (Å²) < 4.78 is 56.4. The van der Waals surface area contributed by atoms with Gasteiger partial charge in [-0.25, -0.2) is 21.1 Å². The SMILES string of the molecule is Cc1cccc(C)c1NS(=O)(=O)c1ccc(NC(=O)C2CCN(S(=O)(=O)Cc3cccc(Br)c3)CC2)cc1. The number of benzene rings is 3. The first-order valence-electron chi connectivity index (χ1n) is 12.2. The zero-order valence-electron chi connectivity index (χ0n) is 21.1. The summed E-state index contributed by atoms with van der Waals surface area (Å²) in [5.41, 5.74) is 3.38. The quantitative estimate of drug-likeness (QED) is 0.366. The van der Waals surface area contributed by atoms with Gasteiger partial charge in [-0.2, -0.15) is 0 Å². The Hall–Kier alpha value is -2.73. The van der Waals surface area contributed by atoms with Gasteiger partial charge in [-0.1, -0.05) is 46.3 Å². The van der Waals surface area contributed by atoms with E-state index in [1.807, 2.05) is 38.1 Å². The molecule has 1 heterocycles. The molecule has 2 N–H and O–H groups in total. The summed E-state index contributed by atoms with van der Waals surface area (Å²) in [5, 5.41) is 2.83. The number of piperidine rings is 1. The van der Waals surface area contributed by atoms with Crippen LogP contribution in [0.2, 0.25) is 0 Å². The van der Waals surface area contributed by atoms with E-state index in [1.54, 1.807) is 30.3 Å². The smallest absolute Gasteiger partial charge is 0.261 e. The molecule has 11 heteroatoms. The second kappa shape index (κ2) is 11.6. The van der Waals surface area contributed by atoms with Crippen LogP contribution in [0.3, 0.4) is 0 Å². The van der Waals surface area contributed by atoms with Gasteiger partial charge in [0.15, 0.2) is 0 Å². The number of carbonyl (C=O) groups is 1. The molecule has 0 unspecified atom stereocenters. The molecule has 3 aromatic rings. The zero-order chi connectivity index (χ0) is 27.5. The average Bonchev–Trinajstić information content (AvgIpc) is 2.86. The van der Waals surface area contributed by atoms with Gasteiger partial charge in [-0.05, 0) is 79.8 Å². The van der Waals surface area contributed by atoms with Gasteiger partial charge < -0.3 is 5.32 Å². The van der Waals surface area contributed by atoms with Crippen molar-refractivity contribution in [2.45, 2.75) is 37.3 Å². The number of rotatable bonds is 8. The lowest BCUT2D eigenvalue weighted by molar-refractivity contribution is -0.120. The fraction of sp³-hybridized carbons (Fsp3) is 0.296. The van der Waals surface area contributed by atoms with E-state index >= 15 is 0 Å². The highest BCUT2D eigenvalue weighted by Gasteiger charge is 2.31. The van der Waals surface area contributed by atoms with Gasteiger partial charge in [0.25, 0.3) is 10.0 Å². The number of amides is 1. The van der Waals surface area contributed by atoms with Crippen molar-refractivity contribution >= 4 is 53.3 Å². The van der Waals surface area contributed by atoms with E-state index in [1.165, 1.54) is 16.4 Å². The largest absolute Gasteiger partial charge is 0.326 e. The maximum atomic E-state index is 12.9. The lowest BCUT2D eigenvalue weighted by atomic mass is 9.97. The van der Waals surface area contributed by atoms with Gasteiger partial charge in [0.1, 0.15) is 0 Å². The second-order valence-electron chi connectivity index (χ2n) is 9.45. The van der Waals surface area contributed by atoms with Gasteiger partial charge in [0.05, 0.1) is 16.3 Å². The van der Waals surface area contributed by atoms with Crippen LogP contribution in [0.25, 0.3) is 0 Å². The van der Waals surface area contributed by atoms with Crippen molar-refractivity contribution in [2.24, 2.45) is 5.92 Å². The van der Waals surface area contributed by atoms with Gasteiger partial charge in [0, 0.05) is 29.2 Å². The van der Waals surface area contributed by atoms with Crippen molar-refractivity contribution in [1.29, 1.82) is 0 Å². The van der Waals surface area contributed by atoms with Crippen molar-refractivity contribution in [3.63, 3.8) is 0 Å². The minimum Gasteiger partial charge on any atom is -0.326 e. The Labute approximate surface area is 232 Å². The van der Waals surface area contributed by atoms with Crippen molar-refractivity contribution < 1.29 is 21.6 Å². The third-order valence-corrected chi connectivity index (χ3v) is 10.3. The first-order chi connectivity index (χ1) is 17.9. The molecule has 0 aliphatic carbocycles. The molecule has 1 aliphatic heterocycles. The van der Waals surface area contributed by atoms with Gasteiger partial charge in [0.2, 0.25) is 15.9 Å². The molecule has 38 heavy (non-hydrogen) atoms. The van der Waals surface area contributed by atoms with Crippen LogP contribution in [0.5, 0.6) is 0 Å². The first-order valence-corrected chi connectivity index (χ1v) is 16.1. The molecule has 0 spiro atoms. The topological polar surface area (TPSA) is 113 Å². The van der Waals surface area contributed by atoms with E-state index in [0.29, 0.717) is 29.8 Å². The van der Waals surface area contributed by atoms with Gasteiger partial charge in [-0.3, -0.25) is 9.52 Å². The number of anilines is 2. The summed E-state index contributed by atoms with van der Waals surface area (Å²) in [7, 11) is -7.29. The highest BCUT2D eigenvalue weighted by atomic mass is 79.9. The Morgan fingerprint density at radius 2 is 1.53 bits per heavy atom. The molecule has 1 amide bonds. The van der Waals surface area contributed by atoms with E-state index in [2.05, 4.69) is 26.0 Å². The number of sulfonamides is 2. The average molecular weight is 621 g/mol. The highest BCUT2D eigenvalue weighted by molar-refractivity contribution is 9.10. The Bertz CT molecular complexity index is 1510. The maximum absolute atomic E-state index is 12.9. The van der Waals surface area contributed by atoms with Crippen LogP contribution in [0.15, 0.2) is 76.1 Å². The Morgan fingerprint density at radius 3 is 2.13 bits per heavy atom. The first kappa shape index (κ1) is 28.3. The van der Waals surface area contributed by atoms with Crippen molar-refractivity contribution in [3.8, 4) is 0 Å². The highest BCUT2D eigenvalue weighted by Crippen LogP contribution is 2.26. The zero-order valence-corrected chi connectivity index (χ0v) is 24.4. The minimum absolute atomic E-state index is 0.0853. The van der Waals surface area contributed by atoms with E-state index in [4.69, 9.17) is 0 Å². The number of hydrogen-bond acceptors (Lipinski definition) is 5. The van der Waals surface area contributed by atoms with Crippen LogP contribution in [0, 0.1) is 19.8 Å². The van der Waals surface area contributed by atoms with E-state index in [-0.39, 0.29) is 35.6 Å². The Morgan fingerprint density at radius 1 is 0.921 bits per heavy atom. The fourth-order valence-electron chi connectivity index (χ4n) is 4.46. The molecule has 1 saturated heterocycles. The third kappa shape index (κ3) is 6.82. The van der Waals surface area contributed by atoms with E-state index in [9.17, 15) is 21.6 Å². The maximum Gasteiger partial charge on any atom is 0.261 e. The lowest BCUT2D eigenvalue weighted by Crippen LogP contribution is -2.41. The van der Waals surface area contributed by atoms with E-state index in [0.717, 1.165) is 15.6 Å². The van der Waals surface area contributed by atoms with Crippen molar-refractivity contribution in [3.05, 3.63) is 87.9 Å². The number of nitrogens with zero attached hydrogens (tertiary/aromatic N) is 1. The minimum atomic E-state index is -3.80. The summed E-state index contributed by atoms with van der Waals surface area (Å²) in [6.07, 6.45) is 0.825. The van der Waals surface area contributed by atoms with Crippen LogP contribution in [0.4, 0.5) is 11.4 Å². The monoisotopic (exact) mass is 619 g/mol. The van der Waals surface area contributed by atoms with Gasteiger partial charge >= 0.3 is 0 Å². The van der Waals surface area contributed by atoms with Crippen LogP contribution in [0.1, 0.15) is 29.5 Å². The predicted molar refractivity (Wildman–Crippen MR) is 153 cm³/mol. The molecule has 0 atom stereocenters. The molecular formula is C27H30BrN3O5S2. The number of carbonyl (C=O) groups excluding carboxylic acids is 1. The third-order valence-electron chi connectivity index (χ3n) is 6.61. The molecule has 1 aliphatic rings.